The maximum Gasteiger partial charge on any atom is 0.237 e. The largest absolute Gasteiger partial charge is 0.324 e. The first-order valence-corrected chi connectivity index (χ1v) is 6.73. The lowest BCUT2D eigenvalue weighted by molar-refractivity contribution is -0.115. The summed E-state index contributed by atoms with van der Waals surface area (Å²) < 4.78 is 0. The van der Waals surface area contributed by atoms with Crippen LogP contribution in [0.25, 0.3) is 0 Å². The highest BCUT2D eigenvalue weighted by Gasteiger charge is 2.28. The van der Waals surface area contributed by atoms with Crippen molar-refractivity contribution in [3.8, 4) is 0 Å². The van der Waals surface area contributed by atoms with Gasteiger partial charge in [-0.15, -0.1) is 11.8 Å². The molecule has 92 valence electrons. The number of hydrogen-bond acceptors (Lipinski definition) is 3. The fourth-order valence-corrected chi connectivity index (χ4v) is 3.23. The van der Waals surface area contributed by atoms with E-state index in [0.29, 0.717) is 0 Å². The van der Waals surface area contributed by atoms with E-state index < -0.39 is 0 Å². The Hall–Kier alpha value is -1.00. The fraction of sp³-hybridized carbons (Fsp3) is 0.462. The lowest BCUT2D eigenvalue weighted by Crippen LogP contribution is -2.32. The molecular formula is C13H18N2OS. The zero-order chi connectivity index (χ0) is 12.4. The molecule has 1 atom stereocenters. The molecule has 1 aliphatic heterocycles. The fourth-order valence-electron chi connectivity index (χ4n) is 1.96. The molecule has 0 bridgehead atoms. The number of nitrogens with one attached hydrogen (secondary N) is 2. The molecule has 0 aliphatic carbocycles. The first-order chi connectivity index (χ1) is 8.13. The van der Waals surface area contributed by atoms with Crippen molar-refractivity contribution in [2.75, 3.05) is 18.9 Å². The molecule has 1 aromatic carbocycles. The molecule has 3 nitrogen and oxygen atoms in total. The van der Waals surface area contributed by atoms with Crippen molar-refractivity contribution in [1.29, 1.82) is 0 Å². The second kappa shape index (κ2) is 5.10. The monoisotopic (exact) mass is 250 g/mol. The van der Waals surface area contributed by atoms with Crippen molar-refractivity contribution in [3.63, 3.8) is 0 Å². The summed E-state index contributed by atoms with van der Waals surface area (Å²) in [5.74, 6) is 0.131. The minimum atomic E-state index is 0.0236. The van der Waals surface area contributed by atoms with Crippen LogP contribution in [0, 0.1) is 13.8 Å². The van der Waals surface area contributed by atoms with Gasteiger partial charge in [0.25, 0.3) is 0 Å². The molecule has 4 heteroatoms. The van der Waals surface area contributed by atoms with Gasteiger partial charge < -0.3 is 10.6 Å². The molecule has 17 heavy (non-hydrogen) atoms. The Balaban J connectivity index is 2.27. The maximum absolute atomic E-state index is 12.0. The molecule has 1 amide bonds. The van der Waals surface area contributed by atoms with Gasteiger partial charge in [0, 0.05) is 4.90 Å². The number of benzene rings is 1. The van der Waals surface area contributed by atoms with Crippen molar-refractivity contribution >= 4 is 23.4 Å². The van der Waals surface area contributed by atoms with Crippen molar-refractivity contribution in [3.05, 3.63) is 23.3 Å². The lowest BCUT2D eigenvalue weighted by atomic mass is 10.1. The molecule has 1 aromatic rings. The van der Waals surface area contributed by atoms with Gasteiger partial charge in [-0.25, -0.2) is 0 Å². The molecule has 0 aromatic heterocycles. The van der Waals surface area contributed by atoms with Gasteiger partial charge in [0.05, 0.1) is 10.9 Å². The van der Waals surface area contributed by atoms with Crippen LogP contribution in [-0.2, 0) is 4.79 Å². The normalized spacial score (nSPS) is 18.8. The molecule has 1 heterocycles. The van der Waals surface area contributed by atoms with E-state index in [1.807, 2.05) is 14.0 Å². The number of thioether (sulfide) groups is 1. The van der Waals surface area contributed by atoms with Crippen molar-refractivity contribution in [1.82, 2.24) is 5.32 Å². The van der Waals surface area contributed by atoms with Crippen molar-refractivity contribution < 1.29 is 4.79 Å². The predicted molar refractivity (Wildman–Crippen MR) is 72.7 cm³/mol. The summed E-state index contributed by atoms with van der Waals surface area (Å²) in [4.78, 5) is 13.2. The molecule has 0 saturated heterocycles. The smallest absolute Gasteiger partial charge is 0.237 e. The minimum Gasteiger partial charge on any atom is -0.324 e. The van der Waals surface area contributed by atoms with Crippen LogP contribution in [0.2, 0.25) is 0 Å². The predicted octanol–water partition coefficient (Wildman–Crippen LogP) is 2.33. The van der Waals surface area contributed by atoms with Gasteiger partial charge in [-0.1, -0.05) is 12.1 Å². The van der Waals surface area contributed by atoms with Crippen LogP contribution in [0.4, 0.5) is 5.69 Å². The van der Waals surface area contributed by atoms with E-state index in [0.717, 1.165) is 24.2 Å². The molecule has 2 rings (SSSR count). The lowest BCUT2D eigenvalue weighted by Gasteiger charge is -2.26. The van der Waals surface area contributed by atoms with E-state index in [-0.39, 0.29) is 11.2 Å². The number of aryl methyl sites for hydroxylation is 2. The quantitative estimate of drug-likeness (QED) is 0.865. The third-order valence-corrected chi connectivity index (χ3v) is 4.52. The van der Waals surface area contributed by atoms with Gasteiger partial charge in [0.15, 0.2) is 0 Å². The molecule has 0 spiro atoms. The third-order valence-electron chi connectivity index (χ3n) is 3.02. The summed E-state index contributed by atoms with van der Waals surface area (Å²) in [6.45, 7) is 5.00. The SMILES string of the molecule is CNCCC1Sc2c(C)ccc(C)c2NC1=O. The standard InChI is InChI=1S/C13H18N2OS/c1-8-4-5-9(2)12-11(8)15-13(16)10(17-12)6-7-14-3/h4-5,10,14H,6-7H2,1-3H3,(H,15,16). The van der Waals surface area contributed by atoms with Crippen LogP contribution in [0.5, 0.6) is 0 Å². The third kappa shape index (κ3) is 2.48. The van der Waals surface area contributed by atoms with E-state index in [9.17, 15) is 4.79 Å². The van der Waals surface area contributed by atoms with Crippen LogP contribution < -0.4 is 10.6 Å². The Kier molecular flexibility index (Phi) is 3.74. The van der Waals surface area contributed by atoms with E-state index >= 15 is 0 Å². The maximum atomic E-state index is 12.0. The number of amides is 1. The van der Waals surface area contributed by atoms with E-state index in [2.05, 4.69) is 29.7 Å². The molecule has 0 fully saturated rings. The van der Waals surface area contributed by atoms with Gasteiger partial charge >= 0.3 is 0 Å². The second-order valence-corrected chi connectivity index (χ2v) is 5.60. The Morgan fingerprint density at radius 1 is 1.35 bits per heavy atom. The highest BCUT2D eigenvalue weighted by molar-refractivity contribution is 8.01. The minimum absolute atomic E-state index is 0.0236. The van der Waals surface area contributed by atoms with Gasteiger partial charge in [-0.2, -0.15) is 0 Å². The number of hydrogen-bond donors (Lipinski definition) is 2. The van der Waals surface area contributed by atoms with Crippen molar-refractivity contribution in [2.45, 2.75) is 30.4 Å². The zero-order valence-electron chi connectivity index (χ0n) is 10.5. The van der Waals surface area contributed by atoms with Gasteiger partial charge in [-0.3, -0.25) is 4.79 Å². The van der Waals surface area contributed by atoms with Crippen LogP contribution in [0.15, 0.2) is 17.0 Å². The Morgan fingerprint density at radius 3 is 2.76 bits per heavy atom. The number of anilines is 1. The summed E-state index contributed by atoms with van der Waals surface area (Å²) in [6, 6.07) is 4.18. The molecule has 2 N–H and O–H groups in total. The van der Waals surface area contributed by atoms with Gasteiger partial charge in [0.2, 0.25) is 5.91 Å². The van der Waals surface area contributed by atoms with Crippen molar-refractivity contribution in [2.24, 2.45) is 0 Å². The van der Waals surface area contributed by atoms with Crippen LogP contribution in [0.1, 0.15) is 17.5 Å². The van der Waals surface area contributed by atoms with Gasteiger partial charge in [0.1, 0.15) is 0 Å². The topological polar surface area (TPSA) is 41.1 Å². The molecule has 0 saturated carbocycles. The number of carbonyl (C=O) groups is 1. The van der Waals surface area contributed by atoms with Crippen LogP contribution >= 0.6 is 11.8 Å². The highest BCUT2D eigenvalue weighted by Crippen LogP contribution is 2.40. The van der Waals surface area contributed by atoms with E-state index in [4.69, 9.17) is 0 Å². The first kappa shape index (κ1) is 12.5. The first-order valence-electron chi connectivity index (χ1n) is 5.86. The molecular weight excluding hydrogens is 232 g/mol. The molecule has 0 radical (unpaired) electrons. The number of rotatable bonds is 3. The zero-order valence-corrected chi connectivity index (χ0v) is 11.3. The number of carbonyl (C=O) groups excluding carboxylic acids is 1. The highest BCUT2D eigenvalue weighted by atomic mass is 32.2. The Bertz CT molecular complexity index is 445. The van der Waals surface area contributed by atoms with Crippen LogP contribution in [-0.4, -0.2) is 24.7 Å². The average molecular weight is 250 g/mol. The second-order valence-electron chi connectivity index (χ2n) is 4.39. The average Bonchev–Trinajstić information content (AvgIpc) is 2.32. The molecule has 1 aliphatic rings. The number of fused-ring (bicyclic) bond motifs is 1. The summed E-state index contributed by atoms with van der Waals surface area (Å²) in [6.07, 6.45) is 0.861. The Labute approximate surface area is 106 Å². The summed E-state index contributed by atoms with van der Waals surface area (Å²) in [7, 11) is 1.91. The summed E-state index contributed by atoms with van der Waals surface area (Å²) >= 11 is 1.69. The van der Waals surface area contributed by atoms with Gasteiger partial charge in [-0.05, 0) is 45.0 Å². The summed E-state index contributed by atoms with van der Waals surface area (Å²) in [5, 5.41) is 6.16. The van der Waals surface area contributed by atoms with Crippen LogP contribution in [0.3, 0.4) is 0 Å². The summed E-state index contributed by atoms with van der Waals surface area (Å²) in [5.41, 5.74) is 3.38. The Morgan fingerprint density at radius 2 is 2.06 bits per heavy atom. The molecule has 1 unspecified atom stereocenters. The van der Waals surface area contributed by atoms with E-state index in [1.54, 1.807) is 11.8 Å². The van der Waals surface area contributed by atoms with E-state index in [1.165, 1.54) is 10.5 Å².